The van der Waals surface area contributed by atoms with Crippen molar-refractivity contribution in [2.75, 3.05) is 11.9 Å². The third-order valence-corrected chi connectivity index (χ3v) is 4.38. The molecule has 1 aliphatic rings. The minimum Gasteiger partial charge on any atom is -0.360 e. The largest absolute Gasteiger partial charge is 0.360 e. The average Bonchev–Trinajstić information content (AvgIpc) is 2.84. The Bertz CT molecular complexity index is 486. The van der Waals surface area contributed by atoms with E-state index in [0.29, 0.717) is 5.92 Å². The van der Waals surface area contributed by atoms with E-state index < -0.39 is 0 Å². The Morgan fingerprint density at radius 2 is 2.31 bits per heavy atom. The van der Waals surface area contributed by atoms with Gasteiger partial charge >= 0.3 is 0 Å². The molecule has 0 aromatic carbocycles. The number of nitrogens with zero attached hydrogens (tertiary/aromatic N) is 3. The highest BCUT2D eigenvalue weighted by molar-refractivity contribution is 7.22. The van der Waals surface area contributed by atoms with Crippen LogP contribution in [0.25, 0.3) is 9.88 Å². The van der Waals surface area contributed by atoms with Crippen molar-refractivity contribution in [3.63, 3.8) is 0 Å². The predicted molar refractivity (Wildman–Crippen MR) is 67.2 cm³/mol. The van der Waals surface area contributed by atoms with Crippen LogP contribution in [0.5, 0.6) is 0 Å². The lowest BCUT2D eigenvalue weighted by Gasteiger charge is -1.94. The molecule has 1 aliphatic carbocycles. The van der Waals surface area contributed by atoms with E-state index in [1.54, 1.807) is 22.7 Å². The van der Waals surface area contributed by atoms with Crippen LogP contribution in [-0.2, 0) is 0 Å². The van der Waals surface area contributed by atoms with E-state index in [-0.39, 0.29) is 0 Å². The van der Waals surface area contributed by atoms with Gasteiger partial charge in [0.15, 0.2) is 5.01 Å². The minimum absolute atomic E-state index is 0.674. The van der Waals surface area contributed by atoms with Gasteiger partial charge in [0.1, 0.15) is 0 Å². The molecule has 0 spiro atoms. The van der Waals surface area contributed by atoms with Crippen LogP contribution < -0.4 is 5.32 Å². The van der Waals surface area contributed by atoms with Gasteiger partial charge in [-0.2, -0.15) is 0 Å². The van der Waals surface area contributed by atoms with Crippen LogP contribution >= 0.6 is 22.7 Å². The van der Waals surface area contributed by atoms with Crippen molar-refractivity contribution >= 4 is 27.8 Å². The van der Waals surface area contributed by atoms with Crippen molar-refractivity contribution in [1.29, 1.82) is 0 Å². The van der Waals surface area contributed by atoms with Crippen LogP contribution in [0, 0.1) is 0 Å². The number of hydrogen-bond acceptors (Lipinski definition) is 6. The second-order valence-electron chi connectivity index (χ2n) is 3.78. The molecule has 1 saturated carbocycles. The molecule has 2 heterocycles. The van der Waals surface area contributed by atoms with Gasteiger partial charge in [-0.25, -0.2) is 4.98 Å². The molecule has 0 radical (unpaired) electrons. The summed E-state index contributed by atoms with van der Waals surface area (Å²) in [6.45, 7) is 2.94. The smallest absolute Gasteiger partial charge is 0.206 e. The van der Waals surface area contributed by atoms with Gasteiger partial charge in [-0.3, -0.25) is 0 Å². The molecule has 0 bridgehead atoms. The van der Waals surface area contributed by atoms with Gasteiger partial charge in [0.05, 0.1) is 16.1 Å². The number of hydrogen-bond donors (Lipinski definition) is 1. The molecular formula is C10H12N4S2. The highest BCUT2D eigenvalue weighted by atomic mass is 32.1. The standard InChI is InChI=1S/C10H12N4S2/c1-2-11-10-14-13-9(16-10)8-7(6-3-4-6)12-5-15-8/h5-6H,2-4H2,1H3,(H,11,14). The zero-order valence-electron chi connectivity index (χ0n) is 8.93. The normalized spacial score (nSPS) is 15.3. The Hall–Kier alpha value is -1.01. The van der Waals surface area contributed by atoms with E-state index in [1.807, 2.05) is 5.51 Å². The summed E-state index contributed by atoms with van der Waals surface area (Å²) in [5, 5.41) is 13.4. The molecule has 3 rings (SSSR count). The molecule has 1 N–H and O–H groups in total. The first-order valence-corrected chi connectivity index (χ1v) is 7.09. The molecule has 0 unspecified atom stereocenters. The van der Waals surface area contributed by atoms with E-state index >= 15 is 0 Å². The summed E-state index contributed by atoms with van der Waals surface area (Å²) in [4.78, 5) is 5.66. The van der Waals surface area contributed by atoms with E-state index in [1.165, 1.54) is 23.4 Å². The molecule has 0 atom stereocenters. The third-order valence-electron chi connectivity index (χ3n) is 2.51. The highest BCUT2D eigenvalue weighted by Gasteiger charge is 2.29. The summed E-state index contributed by atoms with van der Waals surface area (Å²) < 4.78 is 0. The minimum atomic E-state index is 0.674. The van der Waals surface area contributed by atoms with Crippen LogP contribution in [0.4, 0.5) is 5.13 Å². The number of anilines is 1. The lowest BCUT2D eigenvalue weighted by Crippen LogP contribution is -1.94. The Morgan fingerprint density at radius 1 is 1.44 bits per heavy atom. The molecule has 4 nitrogen and oxygen atoms in total. The second-order valence-corrected chi connectivity index (χ2v) is 5.62. The third kappa shape index (κ3) is 1.82. The Morgan fingerprint density at radius 3 is 3.06 bits per heavy atom. The molecule has 16 heavy (non-hydrogen) atoms. The maximum Gasteiger partial charge on any atom is 0.206 e. The quantitative estimate of drug-likeness (QED) is 0.909. The monoisotopic (exact) mass is 252 g/mol. The molecule has 2 aromatic rings. The molecule has 0 saturated heterocycles. The van der Waals surface area contributed by atoms with E-state index in [2.05, 4.69) is 27.4 Å². The van der Waals surface area contributed by atoms with Gasteiger partial charge in [0.25, 0.3) is 0 Å². The highest BCUT2D eigenvalue weighted by Crippen LogP contribution is 2.45. The van der Waals surface area contributed by atoms with Crippen LogP contribution in [0.2, 0.25) is 0 Å². The number of aromatic nitrogens is 3. The molecular weight excluding hydrogens is 240 g/mol. The van der Waals surface area contributed by atoms with Crippen molar-refractivity contribution in [2.24, 2.45) is 0 Å². The molecule has 0 aliphatic heterocycles. The molecule has 1 fully saturated rings. The van der Waals surface area contributed by atoms with Gasteiger partial charge in [-0.05, 0) is 19.8 Å². The Labute approximate surface area is 102 Å². The molecule has 0 amide bonds. The van der Waals surface area contributed by atoms with Gasteiger partial charge < -0.3 is 5.32 Å². The van der Waals surface area contributed by atoms with E-state index in [9.17, 15) is 0 Å². The molecule has 2 aromatic heterocycles. The maximum absolute atomic E-state index is 4.45. The average molecular weight is 252 g/mol. The predicted octanol–water partition coefficient (Wildman–Crippen LogP) is 2.97. The van der Waals surface area contributed by atoms with E-state index in [4.69, 9.17) is 0 Å². The van der Waals surface area contributed by atoms with Crippen molar-refractivity contribution in [2.45, 2.75) is 25.7 Å². The number of thiazole rings is 1. The first-order chi connectivity index (χ1) is 7.88. The zero-order chi connectivity index (χ0) is 11.0. The van der Waals surface area contributed by atoms with Crippen molar-refractivity contribution in [1.82, 2.24) is 15.2 Å². The van der Waals surface area contributed by atoms with Crippen molar-refractivity contribution in [3.8, 4) is 9.88 Å². The van der Waals surface area contributed by atoms with Gasteiger partial charge in [0.2, 0.25) is 5.13 Å². The SMILES string of the molecule is CCNc1nnc(-c2scnc2C2CC2)s1. The number of rotatable bonds is 4. The van der Waals surface area contributed by atoms with Crippen LogP contribution in [0.3, 0.4) is 0 Å². The van der Waals surface area contributed by atoms with Crippen molar-refractivity contribution < 1.29 is 0 Å². The summed E-state index contributed by atoms with van der Waals surface area (Å²) >= 11 is 3.28. The van der Waals surface area contributed by atoms with Gasteiger partial charge in [-0.1, -0.05) is 11.3 Å². The van der Waals surface area contributed by atoms with E-state index in [0.717, 1.165) is 16.7 Å². The summed E-state index contributed by atoms with van der Waals surface area (Å²) in [5.41, 5.74) is 3.14. The lowest BCUT2D eigenvalue weighted by atomic mass is 10.2. The lowest BCUT2D eigenvalue weighted by molar-refractivity contribution is 1.04. The van der Waals surface area contributed by atoms with Crippen LogP contribution in [-0.4, -0.2) is 21.7 Å². The fourth-order valence-electron chi connectivity index (χ4n) is 1.60. The Kier molecular flexibility index (Phi) is 2.61. The fraction of sp³-hybridized carbons (Fsp3) is 0.500. The first kappa shape index (κ1) is 10.2. The number of nitrogens with one attached hydrogen (secondary N) is 1. The summed E-state index contributed by atoms with van der Waals surface area (Å²) in [6.07, 6.45) is 2.55. The topological polar surface area (TPSA) is 50.7 Å². The Balaban J connectivity index is 1.91. The van der Waals surface area contributed by atoms with Crippen LogP contribution in [0.15, 0.2) is 5.51 Å². The zero-order valence-corrected chi connectivity index (χ0v) is 10.6. The second kappa shape index (κ2) is 4.10. The first-order valence-electron chi connectivity index (χ1n) is 5.39. The summed E-state index contributed by atoms with van der Waals surface area (Å²) in [5.74, 6) is 0.674. The van der Waals surface area contributed by atoms with Crippen LogP contribution in [0.1, 0.15) is 31.4 Å². The maximum atomic E-state index is 4.45. The summed E-state index contributed by atoms with van der Waals surface area (Å²) in [7, 11) is 0. The van der Waals surface area contributed by atoms with Gasteiger partial charge in [-0.15, -0.1) is 21.5 Å². The molecule has 6 heteroatoms. The molecule has 84 valence electrons. The fourth-order valence-corrected chi connectivity index (χ4v) is 3.38. The van der Waals surface area contributed by atoms with Gasteiger partial charge in [0, 0.05) is 12.5 Å². The summed E-state index contributed by atoms with van der Waals surface area (Å²) in [6, 6.07) is 0. The van der Waals surface area contributed by atoms with Crippen molar-refractivity contribution in [3.05, 3.63) is 11.2 Å².